The van der Waals surface area contributed by atoms with Gasteiger partial charge in [0.15, 0.2) is 0 Å². The second kappa shape index (κ2) is 5.10. The summed E-state index contributed by atoms with van der Waals surface area (Å²) in [4.78, 5) is 0.715. The highest BCUT2D eigenvalue weighted by molar-refractivity contribution is 9.10. The number of rotatable bonds is 3. The molecule has 7 heavy (non-hydrogen) atoms. The van der Waals surface area contributed by atoms with E-state index in [4.69, 9.17) is 0 Å². The maximum Gasteiger partial charge on any atom is 0.0151 e. The lowest BCUT2D eigenvalue weighted by Crippen LogP contribution is -1.93. The van der Waals surface area contributed by atoms with E-state index in [0.29, 0.717) is 4.83 Å². The molecule has 2 heteroatoms. The Morgan fingerprint density at radius 2 is 2.14 bits per heavy atom. The summed E-state index contributed by atoms with van der Waals surface area (Å²) in [5, 5.41) is 1.11. The molecule has 0 aromatic rings. The van der Waals surface area contributed by atoms with Gasteiger partial charge in [-0.3, -0.25) is 0 Å². The van der Waals surface area contributed by atoms with E-state index in [2.05, 4.69) is 38.8 Å². The van der Waals surface area contributed by atoms with Crippen LogP contribution in [0.4, 0.5) is 0 Å². The van der Waals surface area contributed by atoms with Crippen LogP contribution >= 0.6 is 31.9 Å². The van der Waals surface area contributed by atoms with Crippen molar-refractivity contribution in [2.45, 2.75) is 24.6 Å². The van der Waals surface area contributed by atoms with Crippen molar-refractivity contribution in [3.63, 3.8) is 0 Å². The predicted octanol–water partition coefficient (Wildman–Crippen LogP) is 2.94. The standard InChI is InChI=1S/C5H10Br2/c1-2-5(7)3-4-6/h5H,2-4H2,1H3/t5-/m1/s1. The fourth-order valence-corrected chi connectivity index (χ4v) is 1.72. The SMILES string of the molecule is CC[C@@H](Br)CCBr. The summed E-state index contributed by atoms with van der Waals surface area (Å²) in [6.07, 6.45) is 2.46. The van der Waals surface area contributed by atoms with E-state index in [9.17, 15) is 0 Å². The monoisotopic (exact) mass is 228 g/mol. The van der Waals surface area contributed by atoms with Crippen LogP contribution in [0.5, 0.6) is 0 Å². The first-order valence-electron chi connectivity index (χ1n) is 2.51. The second-order valence-electron chi connectivity index (χ2n) is 1.48. The lowest BCUT2D eigenvalue weighted by molar-refractivity contribution is 0.816. The largest absolute Gasteiger partial charge is 0.0928 e. The Hall–Kier alpha value is 0.960. The number of halogens is 2. The molecule has 0 unspecified atom stereocenters. The Bertz CT molecular complexity index is 37.1. The van der Waals surface area contributed by atoms with E-state index < -0.39 is 0 Å². The summed E-state index contributed by atoms with van der Waals surface area (Å²) < 4.78 is 0. The van der Waals surface area contributed by atoms with E-state index in [0.717, 1.165) is 5.33 Å². The van der Waals surface area contributed by atoms with Crippen LogP contribution in [-0.4, -0.2) is 10.2 Å². The Kier molecular flexibility index (Phi) is 5.80. The molecule has 0 rings (SSSR count). The Balaban J connectivity index is 2.83. The average Bonchev–Trinajstić information content (AvgIpc) is 1.68. The third kappa shape index (κ3) is 4.82. The highest BCUT2D eigenvalue weighted by Crippen LogP contribution is 2.09. The Morgan fingerprint density at radius 1 is 1.57 bits per heavy atom. The molecule has 0 aromatic carbocycles. The zero-order valence-electron chi connectivity index (χ0n) is 4.45. The molecule has 0 fully saturated rings. The van der Waals surface area contributed by atoms with Crippen LogP contribution < -0.4 is 0 Å². The van der Waals surface area contributed by atoms with Crippen LogP contribution in [0.15, 0.2) is 0 Å². The van der Waals surface area contributed by atoms with E-state index in [-0.39, 0.29) is 0 Å². The smallest absolute Gasteiger partial charge is 0.0151 e. The Morgan fingerprint density at radius 3 is 2.29 bits per heavy atom. The highest BCUT2D eigenvalue weighted by atomic mass is 79.9. The molecule has 0 nitrogen and oxygen atoms in total. The van der Waals surface area contributed by atoms with Gasteiger partial charge in [0.1, 0.15) is 0 Å². The van der Waals surface area contributed by atoms with Gasteiger partial charge in [0.05, 0.1) is 0 Å². The van der Waals surface area contributed by atoms with Gasteiger partial charge in [-0.15, -0.1) is 0 Å². The third-order valence-corrected chi connectivity index (χ3v) is 2.43. The number of hydrogen-bond acceptors (Lipinski definition) is 0. The van der Waals surface area contributed by atoms with Crippen molar-refractivity contribution in [2.24, 2.45) is 0 Å². The zero-order chi connectivity index (χ0) is 5.70. The quantitative estimate of drug-likeness (QED) is 0.653. The lowest BCUT2D eigenvalue weighted by atomic mass is 10.3. The first-order valence-corrected chi connectivity index (χ1v) is 4.55. The van der Waals surface area contributed by atoms with Crippen molar-refractivity contribution < 1.29 is 0 Å². The summed E-state index contributed by atoms with van der Waals surface area (Å²) in [5.74, 6) is 0. The fraction of sp³-hybridized carbons (Fsp3) is 1.00. The molecule has 0 saturated carbocycles. The van der Waals surface area contributed by atoms with Gasteiger partial charge in [0.2, 0.25) is 0 Å². The maximum absolute atomic E-state index is 3.51. The molecule has 0 saturated heterocycles. The van der Waals surface area contributed by atoms with Gasteiger partial charge in [-0.25, -0.2) is 0 Å². The lowest BCUT2D eigenvalue weighted by Gasteiger charge is -1.99. The van der Waals surface area contributed by atoms with Crippen molar-refractivity contribution >= 4 is 31.9 Å². The van der Waals surface area contributed by atoms with Gasteiger partial charge in [-0.2, -0.15) is 0 Å². The minimum absolute atomic E-state index is 0.715. The average molecular weight is 230 g/mol. The minimum atomic E-state index is 0.715. The van der Waals surface area contributed by atoms with Crippen LogP contribution in [0, 0.1) is 0 Å². The molecule has 44 valence electrons. The summed E-state index contributed by atoms with van der Waals surface area (Å²) in [6.45, 7) is 2.18. The van der Waals surface area contributed by atoms with Gasteiger partial charge in [-0.1, -0.05) is 38.8 Å². The van der Waals surface area contributed by atoms with Gasteiger partial charge in [-0.05, 0) is 12.8 Å². The third-order valence-electron chi connectivity index (χ3n) is 0.865. The molecule has 0 aliphatic heterocycles. The van der Waals surface area contributed by atoms with E-state index in [1.54, 1.807) is 0 Å². The van der Waals surface area contributed by atoms with Crippen LogP contribution in [-0.2, 0) is 0 Å². The van der Waals surface area contributed by atoms with Gasteiger partial charge in [0.25, 0.3) is 0 Å². The highest BCUT2D eigenvalue weighted by Gasteiger charge is 1.95. The van der Waals surface area contributed by atoms with Gasteiger partial charge >= 0.3 is 0 Å². The number of alkyl halides is 2. The second-order valence-corrected chi connectivity index (χ2v) is 3.57. The summed E-state index contributed by atoms with van der Waals surface area (Å²) in [5.41, 5.74) is 0. The zero-order valence-corrected chi connectivity index (χ0v) is 7.63. The molecule has 0 bridgehead atoms. The molecule has 0 N–H and O–H groups in total. The predicted molar refractivity (Wildman–Crippen MR) is 41.4 cm³/mol. The molecule has 0 heterocycles. The van der Waals surface area contributed by atoms with E-state index in [1.165, 1.54) is 12.8 Å². The molecular weight excluding hydrogens is 220 g/mol. The van der Waals surface area contributed by atoms with Gasteiger partial charge < -0.3 is 0 Å². The first kappa shape index (κ1) is 7.96. The molecule has 0 spiro atoms. The van der Waals surface area contributed by atoms with Crippen molar-refractivity contribution in [1.82, 2.24) is 0 Å². The summed E-state index contributed by atoms with van der Waals surface area (Å²) in [7, 11) is 0. The van der Waals surface area contributed by atoms with Crippen LogP contribution in [0.1, 0.15) is 19.8 Å². The first-order chi connectivity index (χ1) is 3.31. The Labute approximate surface area is 61.9 Å². The summed E-state index contributed by atoms with van der Waals surface area (Å²) >= 11 is 6.87. The van der Waals surface area contributed by atoms with Crippen LogP contribution in [0.3, 0.4) is 0 Å². The molecule has 0 amide bonds. The molecule has 0 aliphatic carbocycles. The molecule has 0 aromatic heterocycles. The van der Waals surface area contributed by atoms with Crippen molar-refractivity contribution in [2.75, 3.05) is 5.33 Å². The molecule has 0 radical (unpaired) electrons. The normalized spacial score (nSPS) is 14.1. The molecule has 1 atom stereocenters. The van der Waals surface area contributed by atoms with Crippen LogP contribution in [0.25, 0.3) is 0 Å². The maximum atomic E-state index is 3.51. The topological polar surface area (TPSA) is 0 Å². The number of hydrogen-bond donors (Lipinski definition) is 0. The van der Waals surface area contributed by atoms with E-state index in [1.807, 2.05) is 0 Å². The summed E-state index contributed by atoms with van der Waals surface area (Å²) in [6, 6.07) is 0. The van der Waals surface area contributed by atoms with Crippen LogP contribution in [0.2, 0.25) is 0 Å². The minimum Gasteiger partial charge on any atom is -0.0928 e. The fourth-order valence-electron chi connectivity index (χ4n) is 0.323. The van der Waals surface area contributed by atoms with Crippen molar-refractivity contribution in [3.05, 3.63) is 0 Å². The van der Waals surface area contributed by atoms with Crippen molar-refractivity contribution in [3.8, 4) is 0 Å². The van der Waals surface area contributed by atoms with E-state index >= 15 is 0 Å². The molecule has 0 aliphatic rings. The molecular formula is C5H10Br2. The van der Waals surface area contributed by atoms with Crippen molar-refractivity contribution in [1.29, 1.82) is 0 Å². The van der Waals surface area contributed by atoms with Gasteiger partial charge in [0, 0.05) is 10.2 Å².